The Morgan fingerprint density at radius 1 is 1.16 bits per heavy atom. The fourth-order valence-electron chi connectivity index (χ4n) is 4.74. The van der Waals surface area contributed by atoms with Crippen LogP contribution in [0.1, 0.15) is 35.5 Å². The molecule has 1 saturated heterocycles. The molecule has 1 aliphatic carbocycles. The second-order valence-corrected chi connectivity index (χ2v) is 11.2. The lowest BCUT2D eigenvalue weighted by atomic mass is 9.92. The van der Waals surface area contributed by atoms with Crippen LogP contribution in [0.4, 0.5) is 4.39 Å². The molecule has 5 nitrogen and oxygen atoms in total. The van der Waals surface area contributed by atoms with Crippen molar-refractivity contribution in [2.75, 3.05) is 26.3 Å². The Labute approximate surface area is 220 Å². The van der Waals surface area contributed by atoms with Gasteiger partial charge in [0.2, 0.25) is 5.78 Å². The van der Waals surface area contributed by atoms with E-state index < -0.39 is 0 Å². The molecular weight excluding hydrogens is 487 g/mol. The third-order valence-corrected chi connectivity index (χ3v) is 7.63. The average molecular weight is 519 g/mol. The van der Waals surface area contributed by atoms with Gasteiger partial charge in [0.1, 0.15) is 16.4 Å². The molecule has 7 heteroatoms. The summed E-state index contributed by atoms with van der Waals surface area (Å²) in [6.45, 7) is 6.55. The first-order valence-corrected chi connectivity index (χ1v) is 13.3. The number of thiophene rings is 1. The van der Waals surface area contributed by atoms with Gasteiger partial charge in [0.05, 0.1) is 12.7 Å². The van der Waals surface area contributed by atoms with Crippen LogP contribution < -0.4 is 10.1 Å². The molecule has 1 aromatic heterocycles. The Hall–Kier alpha value is -3.42. The number of carbonyl (C=O) groups excluding carboxylic acids is 1. The molecule has 0 radical (unpaired) electrons. The van der Waals surface area contributed by atoms with E-state index in [0.29, 0.717) is 34.4 Å². The fourth-order valence-corrected chi connectivity index (χ4v) is 5.87. The Morgan fingerprint density at radius 3 is 2.70 bits per heavy atom. The van der Waals surface area contributed by atoms with Crippen LogP contribution >= 0.6 is 11.3 Å². The van der Waals surface area contributed by atoms with E-state index in [1.165, 1.54) is 11.3 Å². The minimum Gasteiger partial charge on any atom is -0.508 e. The number of ether oxygens (including phenoxy) is 1. The van der Waals surface area contributed by atoms with Crippen molar-refractivity contribution in [3.63, 3.8) is 0 Å². The number of phenolic OH excluding ortho intramolecular Hbond substituents is 1. The van der Waals surface area contributed by atoms with Gasteiger partial charge in [0, 0.05) is 46.4 Å². The maximum atomic E-state index is 13.4. The van der Waals surface area contributed by atoms with E-state index in [2.05, 4.69) is 30.1 Å². The first-order valence-electron chi connectivity index (χ1n) is 12.5. The van der Waals surface area contributed by atoms with Crippen molar-refractivity contribution >= 4 is 27.2 Å². The number of likely N-dealkylation sites (tertiary alicyclic amines) is 1. The summed E-state index contributed by atoms with van der Waals surface area (Å²) in [4.78, 5) is 16.2. The standard InChI is InChI=1S/C30H31FN2O3S/c1-30(2)16-21(32-22-18-33(19-22)14-6-13-31)9-11-24(17-30)36-28-25-12-10-23(34)15-26(25)37-29(28)27(35)20-7-4-3-5-8-20/h3-5,7-12,15-17,22,32,34H,6,13-14,18-19H2,1-2H3. The lowest BCUT2D eigenvalue weighted by Gasteiger charge is -2.40. The first-order chi connectivity index (χ1) is 17.8. The predicted molar refractivity (Wildman–Crippen MR) is 147 cm³/mol. The topological polar surface area (TPSA) is 61.8 Å². The van der Waals surface area contributed by atoms with Crippen molar-refractivity contribution < 1.29 is 19.0 Å². The number of hydrogen-bond acceptors (Lipinski definition) is 6. The van der Waals surface area contributed by atoms with Gasteiger partial charge < -0.3 is 15.2 Å². The summed E-state index contributed by atoms with van der Waals surface area (Å²) in [5.41, 5.74) is 1.30. The molecule has 2 aliphatic rings. The summed E-state index contributed by atoms with van der Waals surface area (Å²) in [5, 5.41) is 14.4. The molecule has 1 aliphatic heterocycles. The van der Waals surface area contributed by atoms with Crippen molar-refractivity contribution in [1.29, 1.82) is 0 Å². The highest BCUT2D eigenvalue weighted by Crippen LogP contribution is 2.42. The molecule has 2 N–H and O–H groups in total. The Kier molecular flexibility index (Phi) is 7.17. The lowest BCUT2D eigenvalue weighted by Crippen LogP contribution is -2.57. The van der Waals surface area contributed by atoms with Crippen LogP contribution in [0.15, 0.2) is 84.3 Å². The van der Waals surface area contributed by atoms with Crippen molar-refractivity contribution in [3.05, 3.63) is 94.7 Å². The van der Waals surface area contributed by atoms with Crippen LogP contribution in [0.3, 0.4) is 0 Å². The molecule has 0 amide bonds. The molecule has 0 unspecified atom stereocenters. The number of rotatable bonds is 9. The Bertz CT molecular complexity index is 1380. The van der Waals surface area contributed by atoms with Crippen molar-refractivity contribution in [1.82, 2.24) is 10.2 Å². The molecule has 1 fully saturated rings. The number of aromatic hydroxyl groups is 1. The molecule has 192 valence electrons. The third-order valence-electron chi connectivity index (χ3n) is 6.50. The number of phenols is 1. The van der Waals surface area contributed by atoms with E-state index in [0.717, 1.165) is 35.4 Å². The van der Waals surface area contributed by atoms with Crippen LogP contribution in [0.5, 0.6) is 11.5 Å². The normalized spacial score (nSPS) is 17.6. The van der Waals surface area contributed by atoms with E-state index >= 15 is 0 Å². The number of nitrogens with zero attached hydrogens (tertiary/aromatic N) is 1. The molecule has 2 aromatic carbocycles. The number of alkyl halides is 1. The number of halogens is 1. The summed E-state index contributed by atoms with van der Waals surface area (Å²) in [6, 6.07) is 14.5. The fraction of sp³-hybridized carbons (Fsp3) is 0.300. The van der Waals surface area contributed by atoms with E-state index in [-0.39, 0.29) is 23.6 Å². The van der Waals surface area contributed by atoms with E-state index in [1.54, 1.807) is 30.3 Å². The molecule has 5 rings (SSSR count). The zero-order chi connectivity index (χ0) is 26.0. The summed E-state index contributed by atoms with van der Waals surface area (Å²) < 4.78 is 19.7. The molecule has 37 heavy (non-hydrogen) atoms. The number of benzene rings is 2. The van der Waals surface area contributed by atoms with Crippen molar-refractivity contribution in [3.8, 4) is 11.5 Å². The van der Waals surface area contributed by atoms with Crippen LogP contribution in [0.25, 0.3) is 10.1 Å². The summed E-state index contributed by atoms with van der Waals surface area (Å²) in [5.74, 6) is 1.18. The van der Waals surface area contributed by atoms with Gasteiger partial charge in [-0.15, -0.1) is 11.3 Å². The second-order valence-electron chi connectivity index (χ2n) is 10.2. The van der Waals surface area contributed by atoms with Gasteiger partial charge in [0.25, 0.3) is 0 Å². The quantitative estimate of drug-likeness (QED) is 0.330. The Morgan fingerprint density at radius 2 is 1.95 bits per heavy atom. The summed E-state index contributed by atoms with van der Waals surface area (Å²) >= 11 is 1.32. The van der Waals surface area contributed by atoms with Crippen LogP contribution in [-0.2, 0) is 0 Å². The number of hydrogen-bond donors (Lipinski definition) is 2. The molecule has 0 saturated carbocycles. The molecule has 0 bridgehead atoms. The highest BCUT2D eigenvalue weighted by atomic mass is 32.1. The van der Waals surface area contributed by atoms with E-state index in [4.69, 9.17) is 4.74 Å². The van der Waals surface area contributed by atoms with Gasteiger partial charge in [-0.25, -0.2) is 0 Å². The number of allylic oxidation sites excluding steroid dienone is 4. The van der Waals surface area contributed by atoms with Crippen molar-refractivity contribution in [2.45, 2.75) is 26.3 Å². The smallest absolute Gasteiger partial charge is 0.206 e. The van der Waals surface area contributed by atoms with Gasteiger partial charge >= 0.3 is 0 Å². The molecule has 0 spiro atoms. The predicted octanol–water partition coefficient (Wildman–Crippen LogP) is 6.21. The van der Waals surface area contributed by atoms with Crippen LogP contribution in [0, 0.1) is 5.41 Å². The summed E-state index contributed by atoms with van der Waals surface area (Å²) in [6.07, 6.45) is 8.73. The molecule has 0 atom stereocenters. The molecular formula is C30H31FN2O3S. The number of ketones is 1. The second kappa shape index (κ2) is 10.5. The van der Waals surface area contributed by atoms with Gasteiger partial charge in [0.15, 0.2) is 5.75 Å². The SMILES string of the molecule is CC1(C)C=C(NC2CN(CCCF)C2)C=CC(Oc2c(C(=O)c3ccccc3)sc3cc(O)ccc23)=C1. The minimum absolute atomic E-state index is 0.114. The largest absolute Gasteiger partial charge is 0.508 e. The maximum Gasteiger partial charge on any atom is 0.206 e. The number of carbonyl (C=O) groups is 1. The minimum atomic E-state index is -0.299. The zero-order valence-electron chi connectivity index (χ0n) is 21.0. The van der Waals surface area contributed by atoms with Gasteiger partial charge in [-0.2, -0.15) is 0 Å². The zero-order valence-corrected chi connectivity index (χ0v) is 21.9. The third kappa shape index (κ3) is 5.78. The average Bonchev–Trinajstić information content (AvgIpc) is 3.12. The summed E-state index contributed by atoms with van der Waals surface area (Å²) in [7, 11) is 0. The molecule has 3 aromatic rings. The van der Waals surface area contributed by atoms with Gasteiger partial charge in [-0.3, -0.25) is 14.1 Å². The highest BCUT2D eigenvalue weighted by molar-refractivity contribution is 7.21. The maximum absolute atomic E-state index is 13.4. The van der Waals surface area contributed by atoms with Crippen LogP contribution in [-0.4, -0.2) is 48.1 Å². The number of nitrogens with one attached hydrogen (secondary N) is 1. The van der Waals surface area contributed by atoms with E-state index in [1.807, 2.05) is 36.4 Å². The lowest BCUT2D eigenvalue weighted by molar-refractivity contribution is 0.104. The van der Waals surface area contributed by atoms with E-state index in [9.17, 15) is 14.3 Å². The Balaban J connectivity index is 1.39. The van der Waals surface area contributed by atoms with Gasteiger partial charge in [-0.1, -0.05) is 50.3 Å². The highest BCUT2D eigenvalue weighted by Gasteiger charge is 2.28. The van der Waals surface area contributed by atoms with Gasteiger partial charge in [-0.05, 0) is 42.8 Å². The first kappa shape index (κ1) is 25.2. The monoisotopic (exact) mass is 518 g/mol. The molecule has 2 heterocycles. The van der Waals surface area contributed by atoms with Crippen LogP contribution in [0.2, 0.25) is 0 Å². The van der Waals surface area contributed by atoms with Crippen molar-refractivity contribution in [2.24, 2.45) is 5.41 Å². The number of fused-ring (bicyclic) bond motifs is 1.